The Kier molecular flexibility index (Phi) is 6.26. The first-order valence-corrected chi connectivity index (χ1v) is 11.3. The van der Waals surface area contributed by atoms with Crippen LogP contribution in [0.15, 0.2) is 79.1 Å². The van der Waals surface area contributed by atoms with Crippen molar-refractivity contribution >= 4 is 5.78 Å². The van der Waals surface area contributed by atoms with E-state index in [2.05, 4.69) is 20.1 Å². The number of ether oxygens (including phenoxy) is 3. The quantitative estimate of drug-likeness (QED) is 0.630. The first-order valence-electron chi connectivity index (χ1n) is 11.3. The van der Waals surface area contributed by atoms with E-state index in [9.17, 15) is 9.90 Å². The van der Waals surface area contributed by atoms with Gasteiger partial charge in [0.15, 0.2) is 12.0 Å². The van der Waals surface area contributed by atoms with E-state index in [1.165, 1.54) is 0 Å². The van der Waals surface area contributed by atoms with Crippen LogP contribution in [0.1, 0.15) is 38.5 Å². The van der Waals surface area contributed by atoms with Gasteiger partial charge >= 0.3 is 0 Å². The highest BCUT2D eigenvalue weighted by Gasteiger charge is 2.64. The van der Waals surface area contributed by atoms with Crippen molar-refractivity contribution in [3.05, 3.63) is 84.7 Å². The van der Waals surface area contributed by atoms with E-state index >= 15 is 0 Å². The molecule has 1 saturated heterocycles. The van der Waals surface area contributed by atoms with Gasteiger partial charge in [0.05, 0.1) is 19.3 Å². The Labute approximate surface area is 190 Å². The second-order valence-electron chi connectivity index (χ2n) is 8.87. The number of carbonyl (C=O) groups is 1. The van der Waals surface area contributed by atoms with Gasteiger partial charge in [-0.2, -0.15) is 0 Å². The fourth-order valence-electron chi connectivity index (χ4n) is 5.90. The summed E-state index contributed by atoms with van der Waals surface area (Å²) in [5.74, 6) is 0.0568. The SMILES string of the molecule is C=CCC1=C(OCC)C(=O)C=C[C@@]12[C@H](C)C[C@@]1(CO)O[C@@H](c3ccccc3)O[C@H]1[C@@H]2C=C. The average Bonchev–Trinajstić information content (AvgIpc) is 3.19. The number of allylic oxidation sites excluding steroid dienone is 4. The number of ketones is 1. The van der Waals surface area contributed by atoms with Crippen LogP contribution in [0, 0.1) is 17.3 Å². The Hall–Kier alpha value is -2.47. The maximum absolute atomic E-state index is 12.8. The molecule has 0 bridgehead atoms. The van der Waals surface area contributed by atoms with Crippen molar-refractivity contribution in [2.45, 2.75) is 44.7 Å². The number of hydrogen-bond acceptors (Lipinski definition) is 5. The fraction of sp³-hybridized carbons (Fsp3) is 0.444. The van der Waals surface area contributed by atoms with Crippen molar-refractivity contribution in [2.24, 2.45) is 17.3 Å². The fourth-order valence-corrected chi connectivity index (χ4v) is 5.90. The predicted octanol–water partition coefficient (Wildman–Crippen LogP) is 4.67. The number of benzene rings is 1. The first-order chi connectivity index (χ1) is 15.5. The second kappa shape index (κ2) is 8.81. The molecule has 6 atom stereocenters. The van der Waals surface area contributed by atoms with Gasteiger partial charge in [0.1, 0.15) is 5.60 Å². The zero-order valence-corrected chi connectivity index (χ0v) is 18.8. The molecule has 1 aromatic rings. The topological polar surface area (TPSA) is 65.0 Å². The number of fused-ring (bicyclic) bond motifs is 1. The molecule has 5 nitrogen and oxygen atoms in total. The Balaban J connectivity index is 1.84. The van der Waals surface area contributed by atoms with Gasteiger partial charge in [-0.1, -0.05) is 55.5 Å². The Morgan fingerprint density at radius 3 is 2.66 bits per heavy atom. The average molecular weight is 437 g/mol. The highest BCUT2D eigenvalue weighted by molar-refractivity contribution is 6.04. The van der Waals surface area contributed by atoms with Crippen LogP contribution in [0.25, 0.3) is 0 Å². The van der Waals surface area contributed by atoms with Gasteiger partial charge in [0.2, 0.25) is 5.78 Å². The van der Waals surface area contributed by atoms with Crippen LogP contribution in [0.4, 0.5) is 0 Å². The number of carbonyl (C=O) groups excluding carboxylic acids is 1. The van der Waals surface area contributed by atoms with Crippen LogP contribution in [-0.2, 0) is 19.0 Å². The van der Waals surface area contributed by atoms with Crippen LogP contribution in [0.5, 0.6) is 0 Å². The lowest BCUT2D eigenvalue weighted by atomic mass is 9.51. The van der Waals surface area contributed by atoms with Gasteiger partial charge < -0.3 is 19.3 Å². The molecule has 1 aliphatic heterocycles. The minimum absolute atomic E-state index is 0.0294. The highest BCUT2D eigenvalue weighted by atomic mass is 16.7. The van der Waals surface area contributed by atoms with Crippen LogP contribution in [0.2, 0.25) is 0 Å². The summed E-state index contributed by atoms with van der Waals surface area (Å²) in [6.45, 7) is 12.3. The van der Waals surface area contributed by atoms with Crippen molar-refractivity contribution in [2.75, 3.05) is 13.2 Å². The van der Waals surface area contributed by atoms with Crippen molar-refractivity contribution < 1.29 is 24.1 Å². The summed E-state index contributed by atoms with van der Waals surface area (Å²) in [6.07, 6.45) is 7.37. The van der Waals surface area contributed by atoms with E-state index in [0.717, 1.165) is 11.1 Å². The van der Waals surface area contributed by atoms with E-state index in [0.29, 0.717) is 25.2 Å². The Morgan fingerprint density at radius 2 is 2.03 bits per heavy atom. The van der Waals surface area contributed by atoms with E-state index in [4.69, 9.17) is 14.2 Å². The van der Waals surface area contributed by atoms with Crippen LogP contribution in [0.3, 0.4) is 0 Å². The second-order valence-corrected chi connectivity index (χ2v) is 8.87. The largest absolute Gasteiger partial charge is 0.490 e. The van der Waals surface area contributed by atoms with E-state index < -0.39 is 23.4 Å². The van der Waals surface area contributed by atoms with Gasteiger partial charge in [-0.05, 0) is 37.3 Å². The third-order valence-electron chi connectivity index (χ3n) is 7.24. The molecule has 2 fully saturated rings. The van der Waals surface area contributed by atoms with Gasteiger partial charge in [0, 0.05) is 16.9 Å². The lowest BCUT2D eigenvalue weighted by molar-refractivity contribution is -0.128. The molecule has 1 saturated carbocycles. The van der Waals surface area contributed by atoms with Crippen LogP contribution >= 0.6 is 0 Å². The first kappa shape index (κ1) is 22.7. The van der Waals surface area contributed by atoms with Crippen molar-refractivity contribution in [1.82, 2.24) is 0 Å². The smallest absolute Gasteiger partial charge is 0.220 e. The minimum atomic E-state index is -0.857. The third-order valence-corrected chi connectivity index (χ3v) is 7.24. The summed E-state index contributed by atoms with van der Waals surface area (Å²) in [5.41, 5.74) is 0.403. The summed E-state index contributed by atoms with van der Waals surface area (Å²) in [6, 6.07) is 9.76. The number of aliphatic hydroxyl groups is 1. The summed E-state index contributed by atoms with van der Waals surface area (Å²) >= 11 is 0. The standard InChI is InChI=1S/C27H32O5/c1-5-11-21-23(30-7-3)22(29)14-15-27(21)18(4)16-26(17-28)24(20(27)6-2)31-25(32-26)19-12-9-8-10-13-19/h5-6,8-10,12-15,18,20,24-25,28H,1-2,7,11,16-17H2,3-4H3/t18-,20+,24+,25+,26+,27+/m1/s1. The number of rotatable bonds is 7. The van der Waals surface area contributed by atoms with Gasteiger partial charge in [0.25, 0.3) is 0 Å². The zero-order chi connectivity index (χ0) is 22.9. The van der Waals surface area contributed by atoms with Crippen molar-refractivity contribution in [3.8, 4) is 0 Å². The van der Waals surface area contributed by atoms with Gasteiger partial charge in [-0.15, -0.1) is 13.2 Å². The molecule has 32 heavy (non-hydrogen) atoms. The number of aliphatic hydroxyl groups excluding tert-OH is 1. The monoisotopic (exact) mass is 436 g/mol. The molecular weight excluding hydrogens is 404 g/mol. The Bertz CT molecular complexity index is 948. The molecule has 1 aromatic carbocycles. The summed E-state index contributed by atoms with van der Waals surface area (Å²) < 4.78 is 18.8. The normalized spacial score (nSPS) is 36.3. The van der Waals surface area contributed by atoms with E-state index in [-0.39, 0.29) is 24.2 Å². The van der Waals surface area contributed by atoms with E-state index in [1.54, 1.807) is 6.08 Å². The molecule has 0 amide bonds. The molecule has 0 aromatic heterocycles. The minimum Gasteiger partial charge on any atom is -0.490 e. The van der Waals surface area contributed by atoms with Crippen molar-refractivity contribution in [1.29, 1.82) is 0 Å². The molecule has 1 heterocycles. The summed E-state index contributed by atoms with van der Waals surface area (Å²) in [5, 5.41) is 10.5. The summed E-state index contributed by atoms with van der Waals surface area (Å²) in [4.78, 5) is 12.8. The molecule has 4 rings (SSSR count). The Morgan fingerprint density at radius 1 is 1.28 bits per heavy atom. The summed E-state index contributed by atoms with van der Waals surface area (Å²) in [7, 11) is 0. The maximum Gasteiger partial charge on any atom is 0.220 e. The van der Waals surface area contributed by atoms with Crippen LogP contribution in [-0.4, -0.2) is 35.8 Å². The predicted molar refractivity (Wildman–Crippen MR) is 122 cm³/mol. The molecule has 170 valence electrons. The van der Waals surface area contributed by atoms with Gasteiger partial charge in [-0.3, -0.25) is 4.79 Å². The molecule has 1 N–H and O–H groups in total. The molecule has 0 unspecified atom stereocenters. The van der Waals surface area contributed by atoms with E-state index in [1.807, 2.05) is 55.5 Å². The highest BCUT2D eigenvalue weighted by Crippen LogP contribution is 2.62. The maximum atomic E-state index is 12.8. The lowest BCUT2D eigenvalue weighted by Gasteiger charge is -2.55. The molecule has 5 heteroatoms. The third kappa shape index (κ3) is 3.31. The molecule has 1 spiro atoms. The molecule has 0 radical (unpaired) electrons. The molecule has 3 aliphatic rings. The van der Waals surface area contributed by atoms with Crippen LogP contribution < -0.4 is 0 Å². The van der Waals surface area contributed by atoms with Gasteiger partial charge in [-0.25, -0.2) is 0 Å². The zero-order valence-electron chi connectivity index (χ0n) is 18.8. The molecule has 2 aliphatic carbocycles. The lowest BCUT2D eigenvalue weighted by Crippen LogP contribution is -2.60. The number of hydrogen-bond donors (Lipinski definition) is 1. The molecular formula is C27H32O5. The van der Waals surface area contributed by atoms with Crippen molar-refractivity contribution in [3.63, 3.8) is 0 Å².